The number of nitrogens with zero attached hydrogens (tertiary/aromatic N) is 2. The molecule has 1 saturated heterocycles. The molecule has 15 heteroatoms. The number of nitrogen functional groups attached to an aromatic ring is 1. The molecule has 6 atom stereocenters. The monoisotopic (exact) mass is 814 g/mol. The second-order valence-electron chi connectivity index (χ2n) is 16.3. The van der Waals surface area contributed by atoms with Gasteiger partial charge < -0.3 is 31.5 Å². The lowest BCUT2D eigenvalue weighted by Crippen LogP contribution is -2.58. The Labute approximate surface area is 342 Å². The maximum absolute atomic E-state index is 14.6. The Kier molecular flexibility index (Phi) is 18.9. The van der Waals surface area contributed by atoms with Crippen LogP contribution in [0.25, 0.3) is 0 Å². The highest BCUT2D eigenvalue weighted by molar-refractivity contribution is 7.09. The second kappa shape index (κ2) is 22.8. The molecule has 1 fully saturated rings. The summed E-state index contributed by atoms with van der Waals surface area (Å²) in [4.78, 5) is 77.4. The van der Waals surface area contributed by atoms with Gasteiger partial charge in [0.2, 0.25) is 5.91 Å². The molecular weight excluding hydrogens is 749 g/mol. The smallest absolute Gasteiger partial charge is 0.309 e. The summed E-state index contributed by atoms with van der Waals surface area (Å²) in [6, 6.07) is 4.80. The van der Waals surface area contributed by atoms with Crippen molar-refractivity contribution in [1.29, 1.82) is 0 Å². The summed E-state index contributed by atoms with van der Waals surface area (Å²) in [5.41, 5.74) is 6.29. The number of ether oxygens (including phenoxy) is 1. The molecule has 1 aromatic heterocycles. The van der Waals surface area contributed by atoms with E-state index in [1.807, 2.05) is 39.8 Å². The largest absolute Gasteiger partial charge is 0.481 e. The number of benzene rings is 1. The molecule has 0 saturated carbocycles. The van der Waals surface area contributed by atoms with E-state index in [0.717, 1.165) is 55.5 Å². The number of nitrogens with one attached hydrogen (secondary N) is 3. The Balaban J connectivity index is 1.93. The van der Waals surface area contributed by atoms with Crippen LogP contribution in [0.4, 0.5) is 5.69 Å². The maximum atomic E-state index is 14.6. The van der Waals surface area contributed by atoms with E-state index in [-0.39, 0.29) is 54.8 Å². The molecule has 2 heterocycles. The first kappa shape index (κ1) is 47.3. The quantitative estimate of drug-likeness (QED) is 0.0370. The second-order valence-corrected chi connectivity index (χ2v) is 17.2. The molecular formula is C42H66N6O8S. The summed E-state index contributed by atoms with van der Waals surface area (Å²) in [7, 11) is 0. The van der Waals surface area contributed by atoms with Crippen molar-refractivity contribution in [3.8, 4) is 0 Å². The number of amides is 3. The number of rotatable bonds is 23. The van der Waals surface area contributed by atoms with Crippen LogP contribution in [0, 0.1) is 17.3 Å². The van der Waals surface area contributed by atoms with Gasteiger partial charge in [-0.25, -0.2) is 10.0 Å². The first-order valence-electron chi connectivity index (χ1n) is 20.5. The minimum atomic E-state index is -1.13. The van der Waals surface area contributed by atoms with Crippen molar-refractivity contribution >= 4 is 46.7 Å². The first-order valence-corrected chi connectivity index (χ1v) is 21.4. The lowest BCUT2D eigenvalue weighted by Gasteiger charge is -2.38. The van der Waals surface area contributed by atoms with Gasteiger partial charge in [-0.2, -0.15) is 0 Å². The van der Waals surface area contributed by atoms with E-state index in [1.54, 1.807) is 31.4 Å². The number of carboxylic acids is 1. The van der Waals surface area contributed by atoms with Crippen LogP contribution in [-0.2, 0) is 35.2 Å². The van der Waals surface area contributed by atoms with E-state index in [9.17, 15) is 29.1 Å². The number of nitrogens with two attached hydrogens (primary N) is 1. The zero-order valence-corrected chi connectivity index (χ0v) is 35.9. The van der Waals surface area contributed by atoms with Crippen LogP contribution in [0.2, 0.25) is 0 Å². The highest BCUT2D eigenvalue weighted by Gasteiger charge is 2.39. The molecule has 1 aliphatic rings. The van der Waals surface area contributed by atoms with Gasteiger partial charge in [0.1, 0.15) is 16.7 Å². The molecule has 14 nitrogen and oxygen atoms in total. The summed E-state index contributed by atoms with van der Waals surface area (Å²) < 4.78 is 5.85. The average Bonchev–Trinajstić information content (AvgIpc) is 3.67. The third-order valence-corrected chi connectivity index (χ3v) is 11.5. The number of aliphatic carboxylic acids is 1. The third kappa shape index (κ3) is 14.7. The van der Waals surface area contributed by atoms with E-state index in [2.05, 4.69) is 27.9 Å². The Morgan fingerprint density at radius 2 is 1.77 bits per heavy atom. The zero-order chi connectivity index (χ0) is 42.3. The third-order valence-electron chi connectivity index (χ3n) is 10.6. The normalized spacial score (nSPS) is 17.2. The molecule has 0 radical (unpaired) electrons. The predicted molar refractivity (Wildman–Crippen MR) is 221 cm³/mol. The fraction of sp³-hybridized carbons (Fsp3) is 0.667. The molecule has 3 amide bonds. The average molecular weight is 815 g/mol. The van der Waals surface area contributed by atoms with Crippen LogP contribution in [0.3, 0.4) is 0 Å². The topological polar surface area (TPSA) is 202 Å². The van der Waals surface area contributed by atoms with Crippen LogP contribution in [0.5, 0.6) is 0 Å². The molecule has 2 aromatic rings. The van der Waals surface area contributed by atoms with Gasteiger partial charge in [0.25, 0.3) is 11.8 Å². The number of aromatic nitrogens is 1. The number of carbonyl (C=O) groups excluding carboxylic acids is 4. The first-order chi connectivity index (χ1) is 27.0. The lowest BCUT2D eigenvalue weighted by molar-refractivity contribution is -0.213. The molecule has 57 heavy (non-hydrogen) atoms. The predicted octanol–water partition coefficient (Wildman–Crippen LogP) is 6.21. The van der Waals surface area contributed by atoms with Gasteiger partial charge in [-0.1, -0.05) is 72.4 Å². The van der Waals surface area contributed by atoms with Crippen LogP contribution in [0.1, 0.15) is 140 Å². The Bertz CT molecular complexity index is 1610. The molecule has 0 bridgehead atoms. The van der Waals surface area contributed by atoms with E-state index >= 15 is 0 Å². The van der Waals surface area contributed by atoms with Crippen molar-refractivity contribution in [2.24, 2.45) is 17.3 Å². The number of carboxylic acid groups (broad SMARTS) is 1. The summed E-state index contributed by atoms with van der Waals surface area (Å²) in [6.07, 6.45) is 5.54. The van der Waals surface area contributed by atoms with E-state index < -0.39 is 47.5 Å². The Hall–Kier alpha value is -4.08. The van der Waals surface area contributed by atoms with Crippen molar-refractivity contribution in [3.05, 3.63) is 45.9 Å². The van der Waals surface area contributed by atoms with Crippen molar-refractivity contribution in [2.75, 3.05) is 18.9 Å². The number of thiazole rings is 1. The summed E-state index contributed by atoms with van der Waals surface area (Å²) in [5, 5.41) is 22.5. The van der Waals surface area contributed by atoms with Crippen molar-refractivity contribution in [2.45, 2.75) is 150 Å². The minimum absolute atomic E-state index is 0.0864. The fourth-order valence-electron chi connectivity index (χ4n) is 6.86. The minimum Gasteiger partial charge on any atom is -0.481 e. The number of hydroxylamine groups is 2. The standard InChI is InChI=1S/C42H66N6O8S/c1-9-11-14-21-55-48(40(52)36(27(5)10-2)47-37(50)32-15-12-13-20-44-32)34(26(3)4)23-35(56-28(6)49)39-46-33(25-57-39)38(51)45-31(24-42(7,8)41(53)54)22-29-16-18-30(43)19-17-29/h16-19,25-27,31-32,34-36,44H,9-15,20-24,43H2,1-8H3,(H,45,51)(H,47,50)(H,53,54)/t27-,31-,32?,34+,35+,36-/m0/s1. The van der Waals surface area contributed by atoms with Crippen LogP contribution in [0.15, 0.2) is 29.6 Å². The number of unbranched alkanes of at least 4 members (excludes halogenated alkanes) is 2. The number of esters is 1. The summed E-state index contributed by atoms with van der Waals surface area (Å²) in [5.74, 6) is -3.02. The molecule has 1 aliphatic heterocycles. The SMILES string of the molecule is CCCCCON(C(=O)[C@@H](NC(=O)C1CCCCN1)[C@@H](C)CC)[C@H](C[C@@H](OC(C)=O)c1nc(C(=O)N[C@@H](Cc2ccc(N)cc2)CC(C)(C)C(=O)O)cs1)C(C)C. The van der Waals surface area contributed by atoms with Gasteiger partial charge in [0, 0.05) is 30.5 Å². The number of hydrogen-bond donors (Lipinski definition) is 5. The summed E-state index contributed by atoms with van der Waals surface area (Å²) in [6.45, 7) is 15.4. The highest BCUT2D eigenvalue weighted by Crippen LogP contribution is 2.32. The van der Waals surface area contributed by atoms with Crippen LogP contribution >= 0.6 is 11.3 Å². The van der Waals surface area contributed by atoms with Crippen molar-refractivity contribution < 1.29 is 38.7 Å². The number of anilines is 1. The van der Waals surface area contributed by atoms with E-state index in [0.29, 0.717) is 30.0 Å². The Morgan fingerprint density at radius 3 is 2.35 bits per heavy atom. The number of piperidine rings is 1. The van der Waals surface area contributed by atoms with Gasteiger partial charge in [0.05, 0.1) is 24.1 Å². The van der Waals surface area contributed by atoms with Crippen LogP contribution in [-0.4, -0.2) is 82.1 Å². The number of carbonyl (C=O) groups is 5. The van der Waals surface area contributed by atoms with Gasteiger partial charge in [0.15, 0.2) is 6.10 Å². The lowest BCUT2D eigenvalue weighted by atomic mass is 9.84. The van der Waals surface area contributed by atoms with Gasteiger partial charge in [-0.15, -0.1) is 11.3 Å². The fourth-order valence-corrected chi connectivity index (χ4v) is 7.70. The zero-order valence-electron chi connectivity index (χ0n) is 35.1. The Morgan fingerprint density at radius 1 is 1.07 bits per heavy atom. The molecule has 1 aromatic carbocycles. The molecule has 1 unspecified atom stereocenters. The van der Waals surface area contributed by atoms with E-state index in [1.165, 1.54) is 12.0 Å². The van der Waals surface area contributed by atoms with Gasteiger partial charge in [-0.05, 0) is 82.0 Å². The maximum Gasteiger partial charge on any atom is 0.309 e. The molecule has 6 N–H and O–H groups in total. The molecule has 0 aliphatic carbocycles. The summed E-state index contributed by atoms with van der Waals surface area (Å²) >= 11 is 1.15. The van der Waals surface area contributed by atoms with Gasteiger partial charge >= 0.3 is 11.9 Å². The van der Waals surface area contributed by atoms with Gasteiger partial charge in [-0.3, -0.25) is 28.8 Å². The van der Waals surface area contributed by atoms with Crippen molar-refractivity contribution in [1.82, 2.24) is 26.0 Å². The molecule has 3 rings (SSSR count). The molecule has 318 valence electrons. The molecule has 0 spiro atoms. The number of hydrogen-bond acceptors (Lipinski definition) is 11. The highest BCUT2D eigenvalue weighted by atomic mass is 32.1. The van der Waals surface area contributed by atoms with Crippen LogP contribution < -0.4 is 21.7 Å². The van der Waals surface area contributed by atoms with Crippen molar-refractivity contribution in [3.63, 3.8) is 0 Å². The van der Waals surface area contributed by atoms with E-state index in [4.69, 9.17) is 15.3 Å².